The normalized spacial score (nSPS) is 11.0. The topological polar surface area (TPSA) is 37.6 Å². The van der Waals surface area contributed by atoms with Gasteiger partial charge in [0.15, 0.2) is 0 Å². The van der Waals surface area contributed by atoms with E-state index in [1.165, 1.54) is 33.4 Å². The van der Waals surface area contributed by atoms with Crippen LogP contribution in [0.1, 0.15) is 139 Å². The van der Waals surface area contributed by atoms with E-state index in [2.05, 4.69) is 224 Å². The molecule has 378 valence electrons. The van der Waals surface area contributed by atoms with Gasteiger partial charge in [-0.2, -0.15) is 0 Å². The van der Waals surface area contributed by atoms with Gasteiger partial charge in [0.25, 0.3) is 0 Å². The van der Waals surface area contributed by atoms with Gasteiger partial charge in [-0.3, -0.25) is 0 Å². The van der Waals surface area contributed by atoms with E-state index in [0.717, 1.165) is 45.3 Å². The first-order valence-electron chi connectivity index (χ1n) is 22.7. The van der Waals surface area contributed by atoms with Crippen molar-refractivity contribution in [3.8, 4) is 0 Å². The Morgan fingerprint density at radius 2 is 0.611 bits per heavy atom. The molecule has 0 saturated carbocycles. The zero-order chi connectivity index (χ0) is 46.7. The summed E-state index contributed by atoms with van der Waals surface area (Å²) in [6.07, 6.45) is 0. The van der Waals surface area contributed by atoms with E-state index in [9.17, 15) is 0 Å². The van der Waals surface area contributed by atoms with Crippen molar-refractivity contribution in [1.29, 1.82) is 0 Å². The molecule has 0 aliphatic carbocycles. The van der Waals surface area contributed by atoms with E-state index in [4.69, 9.17) is 15.0 Å². The van der Waals surface area contributed by atoms with Crippen LogP contribution in [0.2, 0.25) is 0 Å². The Bertz CT molecular complexity index is 2470. The minimum atomic E-state index is -0.0915. The molecule has 0 bridgehead atoms. The summed E-state index contributed by atoms with van der Waals surface area (Å²) in [5, 5.41) is 0. The Morgan fingerprint density at radius 3 is 0.847 bits per heavy atom. The Hall–Kier alpha value is -2.71. The standard InChI is InChI=1S/C47H55N3.2C7H8.6ClH.2In/c1-44(2,3)34-26-28-36(46(7,8)9)40(30-34)49-42(32-20-15-13-16-21-32)38-24-19-25-39(48-38)43(33-22-17-14-18-23-33)50-41-31-35(45(4,5)6)27-29-37(41)47(10,11)12;2*1-7-5-3-2-4-6-7;;;;;;;;/h13-31H,1-12H3;2*2-6H,1H3;6*1H;;/q;;;;;;;;;2*+3/p-6. The number of aryl methyl sites for hydroxylation is 2. The smallest absolute Gasteiger partial charge is 1.00 e. The fourth-order valence-electron chi connectivity index (χ4n) is 7.19. The summed E-state index contributed by atoms with van der Waals surface area (Å²) in [7, 11) is 0. The van der Waals surface area contributed by atoms with Crippen LogP contribution in [-0.4, -0.2) is 68.1 Å². The van der Waals surface area contributed by atoms with E-state index >= 15 is 0 Å². The van der Waals surface area contributed by atoms with Crippen molar-refractivity contribution in [1.82, 2.24) is 4.98 Å². The first kappa shape index (κ1) is 75.8. The summed E-state index contributed by atoms with van der Waals surface area (Å²) in [5.41, 5.74) is 14.6. The number of benzene rings is 6. The van der Waals surface area contributed by atoms with Crippen LogP contribution in [0.3, 0.4) is 0 Å². The van der Waals surface area contributed by atoms with Crippen molar-refractivity contribution in [3.63, 3.8) is 0 Å². The second kappa shape index (κ2) is 34.1. The van der Waals surface area contributed by atoms with Crippen LogP contribution in [0.4, 0.5) is 11.4 Å². The fourth-order valence-corrected chi connectivity index (χ4v) is 7.19. The van der Waals surface area contributed by atoms with Crippen molar-refractivity contribution < 1.29 is 74.4 Å². The number of aromatic nitrogens is 1. The maximum atomic E-state index is 5.50. The quantitative estimate of drug-likeness (QED) is 0.176. The van der Waals surface area contributed by atoms with Gasteiger partial charge >= 0.3 is 51.7 Å². The predicted octanol–water partition coefficient (Wildman–Crippen LogP) is -2.14. The number of hydrogen-bond donors (Lipinski definition) is 0. The third-order valence-corrected chi connectivity index (χ3v) is 11.0. The summed E-state index contributed by atoms with van der Waals surface area (Å²) >= 11 is 0. The minimum absolute atomic E-state index is 0. The fraction of sp³-hybridized carbons (Fsp3) is 0.295. The molecule has 1 heterocycles. The number of aliphatic imine (C=N–C) groups is 2. The molecule has 0 radical (unpaired) electrons. The summed E-state index contributed by atoms with van der Waals surface area (Å²) in [4.78, 5) is 16.4. The van der Waals surface area contributed by atoms with Crippen LogP contribution in [-0.2, 0) is 21.7 Å². The van der Waals surface area contributed by atoms with Crippen LogP contribution < -0.4 is 74.4 Å². The number of rotatable bonds is 6. The van der Waals surface area contributed by atoms with Gasteiger partial charge in [0.2, 0.25) is 0 Å². The van der Waals surface area contributed by atoms with Gasteiger partial charge in [-0.25, -0.2) is 15.0 Å². The van der Waals surface area contributed by atoms with Gasteiger partial charge in [-0.1, -0.05) is 246 Å². The van der Waals surface area contributed by atoms with Gasteiger partial charge in [-0.15, -0.1) is 0 Å². The average molecular weight is 1290 g/mol. The molecule has 72 heavy (non-hydrogen) atoms. The molecule has 3 nitrogen and oxygen atoms in total. The SMILES string of the molecule is CC(C)(C)c1ccc(C(C)(C)C)c(N=C(c2ccccc2)c2cccc(C(=Nc3cc(C(C)(C)C)ccc3C(C)(C)C)c3ccccc3)n2)c1.Cc1ccccc1.Cc1ccccc1.[Cl-].[Cl-].[Cl-].[Cl-].[Cl-].[Cl-].[In+3].[In+3]. The number of halogens is 6. The second-order valence-electron chi connectivity index (χ2n) is 20.8. The van der Waals surface area contributed by atoms with Gasteiger partial charge in [-0.05, 0) is 82.0 Å². The third kappa shape index (κ3) is 23.0. The number of pyridine rings is 1. The Kier molecular flexibility index (Phi) is 35.9. The van der Waals surface area contributed by atoms with Gasteiger partial charge in [0, 0.05) is 11.1 Å². The molecule has 6 aromatic carbocycles. The zero-order valence-electron chi connectivity index (χ0n) is 44.5. The molecule has 0 fully saturated rings. The van der Waals surface area contributed by atoms with E-state index in [0.29, 0.717) is 0 Å². The van der Waals surface area contributed by atoms with E-state index in [-0.39, 0.29) is 148 Å². The Labute approximate surface area is 509 Å². The van der Waals surface area contributed by atoms with Crippen LogP contribution in [0.5, 0.6) is 0 Å². The van der Waals surface area contributed by atoms with Crippen LogP contribution in [0.25, 0.3) is 0 Å². The third-order valence-electron chi connectivity index (χ3n) is 11.0. The van der Waals surface area contributed by atoms with Gasteiger partial charge in [0.05, 0.1) is 34.2 Å². The molecule has 0 atom stereocenters. The summed E-state index contributed by atoms with van der Waals surface area (Å²) in [6.45, 7) is 31.2. The predicted molar refractivity (Wildman–Crippen MR) is 289 cm³/mol. The van der Waals surface area contributed by atoms with E-state index in [1.54, 1.807) is 0 Å². The van der Waals surface area contributed by atoms with E-state index < -0.39 is 0 Å². The molecule has 0 spiro atoms. The number of hydrogen-bond acceptors (Lipinski definition) is 3. The Morgan fingerprint density at radius 1 is 0.333 bits per heavy atom. The van der Waals surface area contributed by atoms with Gasteiger partial charge < -0.3 is 74.4 Å². The Balaban J connectivity index is -0.000000908. The molecular formula is C61H71Cl6In2N3. The van der Waals surface area contributed by atoms with Crippen molar-refractivity contribution in [2.24, 2.45) is 9.98 Å². The zero-order valence-corrected chi connectivity index (χ0v) is 55.6. The van der Waals surface area contributed by atoms with E-state index in [1.807, 2.05) is 48.5 Å². The monoisotopic (exact) mass is 1290 g/mol. The minimum Gasteiger partial charge on any atom is -1.00 e. The van der Waals surface area contributed by atoms with Crippen molar-refractivity contribution in [3.05, 3.63) is 232 Å². The van der Waals surface area contributed by atoms with Crippen molar-refractivity contribution in [2.45, 2.75) is 119 Å². The molecule has 7 aromatic rings. The van der Waals surface area contributed by atoms with Crippen molar-refractivity contribution in [2.75, 3.05) is 0 Å². The molecule has 0 saturated heterocycles. The first-order chi connectivity index (χ1) is 30.1. The maximum Gasteiger partial charge on any atom is 3.00 e. The molecule has 0 unspecified atom stereocenters. The molecule has 0 amide bonds. The molecule has 11 heteroatoms. The largest absolute Gasteiger partial charge is 3.00 e. The molecular weight excluding hydrogens is 1220 g/mol. The number of nitrogens with zero attached hydrogens (tertiary/aromatic N) is 3. The molecule has 0 N–H and O–H groups in total. The summed E-state index contributed by atoms with van der Waals surface area (Å²) in [6, 6.07) is 61.1. The average Bonchev–Trinajstić information content (AvgIpc) is 3.25. The van der Waals surface area contributed by atoms with Crippen molar-refractivity contribution >= 4 is 74.5 Å². The first-order valence-corrected chi connectivity index (χ1v) is 22.7. The molecule has 0 aliphatic rings. The molecule has 1 aromatic heterocycles. The van der Waals surface area contributed by atoms with Crippen LogP contribution in [0, 0.1) is 13.8 Å². The van der Waals surface area contributed by atoms with Crippen LogP contribution in [0.15, 0.2) is 186 Å². The second-order valence-corrected chi connectivity index (χ2v) is 20.8. The molecule has 7 rings (SSSR count). The summed E-state index contributed by atoms with van der Waals surface area (Å²) in [5.74, 6) is 0. The maximum absolute atomic E-state index is 5.50. The van der Waals surface area contributed by atoms with Crippen LogP contribution >= 0.6 is 0 Å². The molecule has 0 aliphatic heterocycles. The summed E-state index contributed by atoms with van der Waals surface area (Å²) < 4.78 is 0. The van der Waals surface area contributed by atoms with Gasteiger partial charge in [0.1, 0.15) is 0 Å².